The number of nitrogens with one attached hydrogen (secondary N) is 1. The van der Waals surface area contributed by atoms with E-state index < -0.39 is 10.0 Å². The van der Waals surface area contributed by atoms with Gasteiger partial charge in [0, 0.05) is 24.6 Å². The number of rotatable bonds is 4. The highest BCUT2D eigenvalue weighted by atomic mass is 32.2. The number of pyridine rings is 1. The normalized spacial score (nSPS) is 11.5. The van der Waals surface area contributed by atoms with Gasteiger partial charge in [-0.1, -0.05) is 0 Å². The van der Waals surface area contributed by atoms with Gasteiger partial charge in [0.25, 0.3) is 0 Å². The number of nitrogens with zero attached hydrogens (tertiary/aromatic N) is 1. The Balaban J connectivity index is 2.23. The average molecular weight is 291 g/mol. The van der Waals surface area contributed by atoms with Crippen LogP contribution in [0.5, 0.6) is 0 Å². The van der Waals surface area contributed by atoms with Crippen LogP contribution in [-0.4, -0.2) is 13.4 Å². The summed E-state index contributed by atoms with van der Waals surface area (Å²) in [5.74, 6) is 0. The summed E-state index contributed by atoms with van der Waals surface area (Å²) in [6.45, 7) is 3.93. The minimum absolute atomic E-state index is 0.187. The molecule has 5 nitrogen and oxygen atoms in total. The highest BCUT2D eigenvalue weighted by Gasteiger charge is 2.15. The summed E-state index contributed by atoms with van der Waals surface area (Å²) in [5, 5.41) is 0. The van der Waals surface area contributed by atoms with Gasteiger partial charge in [0.05, 0.1) is 4.90 Å². The third-order valence-electron chi connectivity index (χ3n) is 3.21. The summed E-state index contributed by atoms with van der Waals surface area (Å²) in [6.07, 6.45) is 3.25. The Kier molecular flexibility index (Phi) is 4.06. The molecule has 0 aliphatic heterocycles. The van der Waals surface area contributed by atoms with Crippen LogP contribution in [0.1, 0.15) is 16.7 Å². The van der Waals surface area contributed by atoms with Crippen molar-refractivity contribution in [2.45, 2.75) is 25.3 Å². The number of aromatic nitrogens is 1. The lowest BCUT2D eigenvalue weighted by atomic mass is 10.1. The van der Waals surface area contributed by atoms with E-state index in [0.717, 1.165) is 16.7 Å². The lowest BCUT2D eigenvalue weighted by Crippen LogP contribution is -2.23. The summed E-state index contributed by atoms with van der Waals surface area (Å²) < 4.78 is 27.0. The molecule has 0 fully saturated rings. The number of aryl methyl sites for hydroxylation is 1. The fraction of sp³-hybridized carbons (Fsp3) is 0.214. The summed E-state index contributed by atoms with van der Waals surface area (Å²) in [4.78, 5) is 4.07. The van der Waals surface area contributed by atoms with E-state index in [1.165, 1.54) is 6.07 Å². The Morgan fingerprint density at radius 2 is 1.85 bits per heavy atom. The quantitative estimate of drug-likeness (QED) is 0.841. The molecule has 106 valence electrons. The maximum Gasteiger partial charge on any atom is 0.240 e. The van der Waals surface area contributed by atoms with Crippen LogP contribution in [0.4, 0.5) is 5.69 Å². The number of nitrogen functional groups attached to an aromatic ring is 1. The van der Waals surface area contributed by atoms with Crippen LogP contribution in [0.3, 0.4) is 0 Å². The predicted octanol–water partition coefficient (Wildman–Crippen LogP) is 1.76. The van der Waals surface area contributed by atoms with Crippen molar-refractivity contribution in [3.05, 3.63) is 53.3 Å². The van der Waals surface area contributed by atoms with E-state index in [4.69, 9.17) is 5.73 Å². The molecule has 0 aliphatic rings. The number of hydrogen-bond acceptors (Lipinski definition) is 4. The minimum atomic E-state index is -3.57. The van der Waals surface area contributed by atoms with Crippen molar-refractivity contribution in [1.82, 2.24) is 9.71 Å². The van der Waals surface area contributed by atoms with E-state index in [2.05, 4.69) is 9.71 Å². The average Bonchev–Trinajstić information content (AvgIpc) is 2.43. The molecule has 0 saturated heterocycles. The Labute approximate surface area is 118 Å². The van der Waals surface area contributed by atoms with Crippen molar-refractivity contribution in [3.8, 4) is 0 Å². The van der Waals surface area contributed by atoms with E-state index >= 15 is 0 Å². The van der Waals surface area contributed by atoms with Gasteiger partial charge < -0.3 is 5.73 Å². The van der Waals surface area contributed by atoms with Gasteiger partial charge in [-0.05, 0) is 54.8 Å². The fourth-order valence-corrected chi connectivity index (χ4v) is 2.91. The van der Waals surface area contributed by atoms with Crippen molar-refractivity contribution in [2.75, 3.05) is 5.73 Å². The number of sulfonamides is 1. The van der Waals surface area contributed by atoms with E-state index in [9.17, 15) is 8.42 Å². The first-order chi connectivity index (χ1) is 9.40. The van der Waals surface area contributed by atoms with Crippen LogP contribution >= 0.6 is 0 Å². The number of hydrogen-bond donors (Lipinski definition) is 2. The van der Waals surface area contributed by atoms with E-state index in [1.54, 1.807) is 30.6 Å². The molecule has 6 heteroatoms. The van der Waals surface area contributed by atoms with Crippen molar-refractivity contribution in [3.63, 3.8) is 0 Å². The van der Waals surface area contributed by atoms with Crippen LogP contribution in [0.15, 0.2) is 41.6 Å². The molecule has 3 N–H and O–H groups in total. The number of benzene rings is 1. The maximum absolute atomic E-state index is 12.2. The molecular weight excluding hydrogens is 274 g/mol. The molecule has 0 aliphatic carbocycles. The Hall–Kier alpha value is -1.92. The first kappa shape index (κ1) is 14.5. The molecule has 0 bridgehead atoms. The van der Waals surface area contributed by atoms with Gasteiger partial charge in [0.15, 0.2) is 0 Å². The van der Waals surface area contributed by atoms with Crippen LogP contribution in [0.25, 0.3) is 0 Å². The molecule has 1 heterocycles. The Morgan fingerprint density at radius 1 is 1.20 bits per heavy atom. The smallest absolute Gasteiger partial charge is 0.240 e. The van der Waals surface area contributed by atoms with Gasteiger partial charge in [-0.2, -0.15) is 0 Å². The van der Waals surface area contributed by atoms with Gasteiger partial charge in [0.1, 0.15) is 0 Å². The molecule has 2 aromatic rings. The molecule has 0 atom stereocenters. The molecule has 1 aromatic carbocycles. The molecule has 2 rings (SSSR count). The zero-order valence-corrected chi connectivity index (χ0v) is 12.2. The second kappa shape index (κ2) is 5.60. The van der Waals surface area contributed by atoms with Crippen LogP contribution in [0.2, 0.25) is 0 Å². The van der Waals surface area contributed by atoms with Crippen molar-refractivity contribution < 1.29 is 8.42 Å². The zero-order valence-electron chi connectivity index (χ0n) is 11.4. The second-order valence-corrected chi connectivity index (χ2v) is 6.40. The van der Waals surface area contributed by atoms with Crippen molar-refractivity contribution in [2.24, 2.45) is 0 Å². The maximum atomic E-state index is 12.2. The highest BCUT2D eigenvalue weighted by molar-refractivity contribution is 7.89. The monoisotopic (exact) mass is 291 g/mol. The van der Waals surface area contributed by atoms with Gasteiger partial charge in [-0.25, -0.2) is 13.1 Å². The van der Waals surface area contributed by atoms with E-state index in [0.29, 0.717) is 5.69 Å². The highest BCUT2D eigenvalue weighted by Crippen LogP contribution is 2.21. The summed E-state index contributed by atoms with van der Waals surface area (Å²) in [7, 11) is -3.57. The van der Waals surface area contributed by atoms with Gasteiger partial charge >= 0.3 is 0 Å². The lowest BCUT2D eigenvalue weighted by Gasteiger charge is -2.11. The molecule has 0 unspecified atom stereocenters. The SMILES string of the molecule is Cc1cc(S(=O)(=O)NCc2ccncc2)cc(N)c1C. The summed E-state index contributed by atoms with van der Waals surface area (Å²) >= 11 is 0. The fourth-order valence-electron chi connectivity index (χ4n) is 1.77. The molecule has 0 radical (unpaired) electrons. The van der Waals surface area contributed by atoms with Gasteiger partial charge in [0.2, 0.25) is 10.0 Å². The summed E-state index contributed by atoms with van der Waals surface area (Å²) in [5.41, 5.74) is 8.91. The van der Waals surface area contributed by atoms with E-state index in [1.807, 2.05) is 13.8 Å². The number of anilines is 1. The zero-order chi connectivity index (χ0) is 14.8. The molecule has 0 spiro atoms. The third-order valence-corrected chi connectivity index (χ3v) is 4.59. The van der Waals surface area contributed by atoms with Crippen molar-refractivity contribution in [1.29, 1.82) is 0 Å². The van der Waals surface area contributed by atoms with Crippen LogP contribution in [0, 0.1) is 13.8 Å². The van der Waals surface area contributed by atoms with Gasteiger partial charge in [-0.3, -0.25) is 4.98 Å². The standard InChI is InChI=1S/C14H17N3O2S/c1-10-7-13(8-14(15)11(10)2)20(18,19)17-9-12-3-5-16-6-4-12/h3-8,17H,9,15H2,1-2H3. The second-order valence-electron chi connectivity index (χ2n) is 4.63. The van der Waals surface area contributed by atoms with Crippen LogP contribution in [-0.2, 0) is 16.6 Å². The molecule has 0 saturated carbocycles. The minimum Gasteiger partial charge on any atom is -0.398 e. The van der Waals surface area contributed by atoms with Crippen molar-refractivity contribution >= 4 is 15.7 Å². The predicted molar refractivity (Wildman–Crippen MR) is 78.6 cm³/mol. The van der Waals surface area contributed by atoms with Crippen LogP contribution < -0.4 is 10.5 Å². The van der Waals surface area contributed by atoms with E-state index in [-0.39, 0.29) is 11.4 Å². The largest absolute Gasteiger partial charge is 0.398 e. The Morgan fingerprint density at radius 3 is 2.45 bits per heavy atom. The topological polar surface area (TPSA) is 85.1 Å². The lowest BCUT2D eigenvalue weighted by molar-refractivity contribution is 0.581. The molecule has 0 amide bonds. The van der Waals surface area contributed by atoms with Gasteiger partial charge in [-0.15, -0.1) is 0 Å². The molecule has 20 heavy (non-hydrogen) atoms. The number of nitrogens with two attached hydrogens (primary N) is 1. The molecule has 1 aromatic heterocycles. The molecular formula is C14H17N3O2S. The first-order valence-corrected chi connectivity index (χ1v) is 7.64. The third kappa shape index (κ3) is 3.15. The Bertz CT molecular complexity index is 689. The first-order valence-electron chi connectivity index (χ1n) is 6.15. The summed E-state index contributed by atoms with van der Waals surface area (Å²) in [6, 6.07) is 6.63.